The lowest BCUT2D eigenvalue weighted by atomic mass is 9.87. The van der Waals surface area contributed by atoms with Crippen molar-refractivity contribution in [2.24, 2.45) is 5.41 Å². The zero-order valence-corrected chi connectivity index (χ0v) is 9.13. The molecule has 0 aliphatic rings. The second-order valence-corrected chi connectivity index (χ2v) is 4.17. The summed E-state index contributed by atoms with van der Waals surface area (Å²) >= 11 is 0. The van der Waals surface area contributed by atoms with E-state index in [2.05, 4.69) is 16.6 Å². The van der Waals surface area contributed by atoms with Crippen LogP contribution in [-0.2, 0) is 4.79 Å². The van der Waals surface area contributed by atoms with Crippen LogP contribution in [0.2, 0.25) is 0 Å². The zero-order valence-electron chi connectivity index (χ0n) is 9.13. The van der Waals surface area contributed by atoms with Crippen molar-refractivity contribution in [3.8, 4) is 12.3 Å². The lowest BCUT2D eigenvalue weighted by Gasteiger charge is -2.27. The Bertz CT molecular complexity index is 286. The minimum Gasteiger partial charge on any atom is -0.480 e. The van der Waals surface area contributed by atoms with Crippen LogP contribution in [0.25, 0.3) is 0 Å². The van der Waals surface area contributed by atoms with Crippen LogP contribution in [-0.4, -0.2) is 29.7 Å². The van der Waals surface area contributed by atoms with Gasteiger partial charge in [-0.05, 0) is 5.41 Å². The Morgan fingerprint density at radius 2 is 2.00 bits per heavy atom. The summed E-state index contributed by atoms with van der Waals surface area (Å²) in [6, 6.07) is -1.52. The van der Waals surface area contributed by atoms with Gasteiger partial charge in [-0.2, -0.15) is 0 Å². The Kier molecular flexibility index (Phi) is 4.65. The number of aliphatic carboxylic acids is 1. The third kappa shape index (κ3) is 4.91. The van der Waals surface area contributed by atoms with E-state index in [0.717, 1.165) is 0 Å². The fourth-order valence-electron chi connectivity index (χ4n) is 0.962. The van der Waals surface area contributed by atoms with Gasteiger partial charge in [0.15, 0.2) is 0 Å². The highest BCUT2D eigenvalue weighted by molar-refractivity contribution is 5.83. The molecule has 1 unspecified atom stereocenters. The van der Waals surface area contributed by atoms with E-state index >= 15 is 0 Å². The minimum atomic E-state index is -1.07. The number of carboxylic acid groups (broad SMARTS) is 1. The molecule has 15 heavy (non-hydrogen) atoms. The predicted molar refractivity (Wildman–Crippen MR) is 56.2 cm³/mol. The first-order valence-electron chi connectivity index (χ1n) is 4.49. The molecule has 0 saturated heterocycles. The van der Waals surface area contributed by atoms with Gasteiger partial charge in [0.1, 0.15) is 6.04 Å². The van der Waals surface area contributed by atoms with Crippen molar-refractivity contribution in [3.63, 3.8) is 0 Å². The van der Waals surface area contributed by atoms with Crippen molar-refractivity contribution < 1.29 is 14.7 Å². The maximum atomic E-state index is 11.2. The Morgan fingerprint density at radius 3 is 2.33 bits per heavy atom. The van der Waals surface area contributed by atoms with E-state index in [4.69, 9.17) is 11.5 Å². The Hall–Kier alpha value is -1.70. The third-order valence-corrected chi connectivity index (χ3v) is 1.74. The van der Waals surface area contributed by atoms with Gasteiger partial charge in [0.2, 0.25) is 0 Å². The predicted octanol–water partition coefficient (Wildman–Crippen LogP) is 0.418. The van der Waals surface area contributed by atoms with Crippen molar-refractivity contribution in [2.45, 2.75) is 26.8 Å². The van der Waals surface area contributed by atoms with Crippen LogP contribution >= 0.6 is 0 Å². The number of carboxylic acids is 1. The molecule has 0 rings (SSSR count). The molecule has 0 aliphatic heterocycles. The Balaban J connectivity index is 4.39. The molecular weight excluding hydrogens is 196 g/mol. The van der Waals surface area contributed by atoms with Gasteiger partial charge in [-0.1, -0.05) is 26.7 Å². The van der Waals surface area contributed by atoms with Crippen LogP contribution in [0.15, 0.2) is 0 Å². The minimum absolute atomic E-state index is 0.0717. The maximum absolute atomic E-state index is 11.2. The van der Waals surface area contributed by atoms with Crippen molar-refractivity contribution in [2.75, 3.05) is 6.54 Å². The fraction of sp³-hybridized carbons (Fsp3) is 0.600. The number of amides is 2. The largest absolute Gasteiger partial charge is 0.480 e. The summed E-state index contributed by atoms with van der Waals surface area (Å²) < 4.78 is 0. The normalized spacial score (nSPS) is 12.4. The van der Waals surface area contributed by atoms with Gasteiger partial charge in [-0.3, -0.25) is 0 Å². The highest BCUT2D eigenvalue weighted by atomic mass is 16.4. The second kappa shape index (κ2) is 5.25. The molecule has 0 aromatic heterocycles. The molecule has 0 aromatic carbocycles. The first-order valence-corrected chi connectivity index (χ1v) is 4.49. The van der Waals surface area contributed by atoms with E-state index in [1.807, 2.05) is 0 Å². The highest BCUT2D eigenvalue weighted by Gasteiger charge is 2.32. The lowest BCUT2D eigenvalue weighted by Crippen LogP contribution is -2.52. The number of rotatable bonds is 3. The third-order valence-electron chi connectivity index (χ3n) is 1.74. The molecule has 84 valence electrons. The number of carbonyl (C=O) groups is 2. The molecule has 0 radical (unpaired) electrons. The molecule has 0 aliphatic carbocycles. The summed E-state index contributed by atoms with van der Waals surface area (Å²) in [7, 11) is 0. The van der Waals surface area contributed by atoms with E-state index in [0.29, 0.717) is 0 Å². The second-order valence-electron chi connectivity index (χ2n) is 4.17. The molecule has 5 heteroatoms. The molecular formula is C10H16N2O3. The molecule has 0 bridgehead atoms. The number of terminal acetylenes is 1. The van der Waals surface area contributed by atoms with E-state index in [1.54, 1.807) is 20.8 Å². The Labute approximate surface area is 89.2 Å². The maximum Gasteiger partial charge on any atom is 0.326 e. The summed E-state index contributed by atoms with van der Waals surface area (Å²) in [6.45, 7) is 5.26. The molecule has 2 amide bonds. The summed E-state index contributed by atoms with van der Waals surface area (Å²) in [5.74, 6) is 1.15. The van der Waals surface area contributed by atoms with Crippen LogP contribution in [0.4, 0.5) is 4.79 Å². The van der Waals surface area contributed by atoms with Crippen LogP contribution < -0.4 is 10.6 Å². The van der Waals surface area contributed by atoms with E-state index in [9.17, 15) is 9.59 Å². The van der Waals surface area contributed by atoms with Gasteiger partial charge in [0.25, 0.3) is 0 Å². The van der Waals surface area contributed by atoms with Crippen LogP contribution in [0.3, 0.4) is 0 Å². The average molecular weight is 212 g/mol. The van der Waals surface area contributed by atoms with Crippen molar-refractivity contribution in [3.05, 3.63) is 0 Å². The first-order chi connectivity index (χ1) is 6.79. The average Bonchev–Trinajstić information content (AvgIpc) is 2.08. The summed E-state index contributed by atoms with van der Waals surface area (Å²) in [6.07, 6.45) is 4.94. The number of hydrogen-bond donors (Lipinski definition) is 3. The summed E-state index contributed by atoms with van der Waals surface area (Å²) in [4.78, 5) is 22.1. The monoisotopic (exact) mass is 212 g/mol. The van der Waals surface area contributed by atoms with Crippen molar-refractivity contribution >= 4 is 12.0 Å². The molecule has 0 aromatic rings. The van der Waals surface area contributed by atoms with Crippen LogP contribution in [0.1, 0.15) is 20.8 Å². The Morgan fingerprint density at radius 1 is 1.47 bits per heavy atom. The zero-order chi connectivity index (χ0) is 12.1. The van der Waals surface area contributed by atoms with Gasteiger partial charge >= 0.3 is 12.0 Å². The number of carbonyl (C=O) groups excluding carboxylic acids is 1. The number of nitrogens with one attached hydrogen (secondary N) is 2. The van der Waals surface area contributed by atoms with Crippen LogP contribution in [0.5, 0.6) is 0 Å². The summed E-state index contributed by atoms with van der Waals surface area (Å²) in [5, 5.41) is 13.6. The van der Waals surface area contributed by atoms with Gasteiger partial charge in [0, 0.05) is 0 Å². The van der Waals surface area contributed by atoms with Gasteiger partial charge in [-0.15, -0.1) is 6.42 Å². The van der Waals surface area contributed by atoms with E-state index in [1.165, 1.54) is 0 Å². The smallest absolute Gasteiger partial charge is 0.326 e. The standard InChI is InChI=1S/C10H16N2O3/c1-5-6-11-9(15)12-7(8(13)14)10(2,3)4/h1,7H,6H2,2-4H3,(H,13,14)(H2,11,12,15). The molecule has 0 saturated carbocycles. The van der Waals surface area contributed by atoms with E-state index in [-0.39, 0.29) is 6.54 Å². The molecule has 0 fully saturated rings. The molecule has 5 nitrogen and oxygen atoms in total. The lowest BCUT2D eigenvalue weighted by molar-refractivity contribution is -0.141. The first kappa shape index (κ1) is 13.3. The number of urea groups is 1. The molecule has 0 spiro atoms. The molecule has 0 heterocycles. The van der Waals surface area contributed by atoms with Gasteiger partial charge in [-0.25, -0.2) is 9.59 Å². The molecule has 3 N–H and O–H groups in total. The molecule has 1 atom stereocenters. The SMILES string of the molecule is C#CCNC(=O)NC(C(=O)O)C(C)(C)C. The quantitative estimate of drug-likeness (QED) is 0.593. The topological polar surface area (TPSA) is 78.4 Å². The fourth-order valence-corrected chi connectivity index (χ4v) is 0.962. The summed E-state index contributed by atoms with van der Waals surface area (Å²) in [5.41, 5.74) is -0.556. The van der Waals surface area contributed by atoms with E-state index < -0.39 is 23.5 Å². The number of hydrogen-bond acceptors (Lipinski definition) is 2. The van der Waals surface area contributed by atoms with Gasteiger partial charge in [0.05, 0.1) is 6.54 Å². The van der Waals surface area contributed by atoms with Crippen LogP contribution in [0, 0.1) is 17.8 Å². The van der Waals surface area contributed by atoms with Crippen molar-refractivity contribution in [1.29, 1.82) is 0 Å². The highest BCUT2D eigenvalue weighted by Crippen LogP contribution is 2.19. The van der Waals surface area contributed by atoms with Crippen molar-refractivity contribution in [1.82, 2.24) is 10.6 Å². The van der Waals surface area contributed by atoms with Gasteiger partial charge < -0.3 is 15.7 Å².